The summed E-state index contributed by atoms with van der Waals surface area (Å²) in [5.41, 5.74) is 1.19. The Morgan fingerprint density at radius 2 is 1.90 bits per heavy atom. The number of urea groups is 1. The number of imide groups is 1. The molecular formula is C22H32N6O3. The van der Waals surface area contributed by atoms with Crippen molar-refractivity contribution in [3.63, 3.8) is 0 Å². The third-order valence-corrected chi connectivity index (χ3v) is 6.55. The molecule has 1 aromatic heterocycles. The molecule has 1 aromatic rings. The lowest BCUT2D eigenvalue weighted by Gasteiger charge is -2.36. The predicted molar refractivity (Wildman–Crippen MR) is 114 cm³/mol. The number of nitrogens with zero attached hydrogens (tertiary/aromatic N) is 4. The average Bonchev–Trinajstić information content (AvgIpc) is 3.21. The summed E-state index contributed by atoms with van der Waals surface area (Å²) in [4.78, 5) is 50.1. The quantitative estimate of drug-likeness (QED) is 0.742. The van der Waals surface area contributed by atoms with Crippen LogP contribution in [0.25, 0.3) is 0 Å². The van der Waals surface area contributed by atoms with Gasteiger partial charge in [-0.15, -0.1) is 0 Å². The Hall–Kier alpha value is -2.55. The van der Waals surface area contributed by atoms with Gasteiger partial charge in [0.25, 0.3) is 5.91 Å². The first-order valence-corrected chi connectivity index (χ1v) is 11.5. The average molecular weight is 429 g/mol. The van der Waals surface area contributed by atoms with Crippen molar-refractivity contribution in [3.8, 4) is 0 Å². The fourth-order valence-electron chi connectivity index (χ4n) is 4.89. The number of amides is 4. The van der Waals surface area contributed by atoms with Gasteiger partial charge in [0.1, 0.15) is 5.82 Å². The summed E-state index contributed by atoms with van der Waals surface area (Å²) in [5.74, 6) is 0.276. The van der Waals surface area contributed by atoms with Gasteiger partial charge in [-0.1, -0.05) is 25.7 Å². The van der Waals surface area contributed by atoms with Gasteiger partial charge in [-0.25, -0.2) is 14.8 Å². The SMILES string of the molecule is Cc1ncc(C(=O)NC2CCCCC2)c([C@@H]2CCCCN2CC(=O)N2CCNC2=O)n1. The van der Waals surface area contributed by atoms with Gasteiger partial charge < -0.3 is 10.6 Å². The van der Waals surface area contributed by atoms with Crippen molar-refractivity contribution in [3.05, 3.63) is 23.3 Å². The van der Waals surface area contributed by atoms with E-state index in [4.69, 9.17) is 0 Å². The maximum Gasteiger partial charge on any atom is 0.324 e. The number of hydrogen-bond acceptors (Lipinski definition) is 6. The number of carbonyl (C=O) groups is 3. The second-order valence-electron chi connectivity index (χ2n) is 8.78. The lowest BCUT2D eigenvalue weighted by atomic mass is 9.94. The Bertz CT molecular complexity index is 839. The van der Waals surface area contributed by atoms with Gasteiger partial charge in [0.05, 0.1) is 23.8 Å². The minimum Gasteiger partial charge on any atom is -0.349 e. The molecule has 1 aliphatic carbocycles. The van der Waals surface area contributed by atoms with E-state index in [0.29, 0.717) is 30.2 Å². The number of piperidine rings is 1. The van der Waals surface area contributed by atoms with Crippen LogP contribution in [-0.4, -0.2) is 69.8 Å². The molecule has 31 heavy (non-hydrogen) atoms. The highest BCUT2D eigenvalue weighted by Crippen LogP contribution is 2.32. The summed E-state index contributed by atoms with van der Waals surface area (Å²) in [6, 6.07) is -0.269. The normalized spacial score (nSPS) is 22.9. The minimum atomic E-state index is -0.330. The molecule has 0 bridgehead atoms. The Labute approximate surface area is 183 Å². The summed E-state index contributed by atoms with van der Waals surface area (Å²) >= 11 is 0. The van der Waals surface area contributed by atoms with E-state index in [1.165, 1.54) is 11.3 Å². The van der Waals surface area contributed by atoms with Crippen LogP contribution in [0.15, 0.2) is 6.20 Å². The molecule has 3 fully saturated rings. The summed E-state index contributed by atoms with van der Waals surface area (Å²) < 4.78 is 0. The Morgan fingerprint density at radius 1 is 1.13 bits per heavy atom. The van der Waals surface area contributed by atoms with Crippen LogP contribution in [0.3, 0.4) is 0 Å². The van der Waals surface area contributed by atoms with Gasteiger partial charge in [-0.2, -0.15) is 0 Å². The number of nitrogens with one attached hydrogen (secondary N) is 2. The maximum atomic E-state index is 13.1. The van der Waals surface area contributed by atoms with E-state index < -0.39 is 0 Å². The van der Waals surface area contributed by atoms with Crippen molar-refractivity contribution in [1.29, 1.82) is 0 Å². The molecule has 0 radical (unpaired) electrons. The van der Waals surface area contributed by atoms with Crippen molar-refractivity contribution < 1.29 is 14.4 Å². The molecule has 2 aliphatic heterocycles. The van der Waals surface area contributed by atoms with Gasteiger partial charge >= 0.3 is 6.03 Å². The lowest BCUT2D eigenvalue weighted by molar-refractivity contribution is -0.129. The molecule has 2 saturated heterocycles. The zero-order chi connectivity index (χ0) is 21.8. The van der Waals surface area contributed by atoms with E-state index >= 15 is 0 Å². The van der Waals surface area contributed by atoms with Crippen molar-refractivity contribution in [2.75, 3.05) is 26.2 Å². The number of likely N-dealkylation sites (tertiary alicyclic amines) is 1. The number of hydrogen-bond donors (Lipinski definition) is 2. The summed E-state index contributed by atoms with van der Waals surface area (Å²) in [6.07, 6.45) is 9.96. The molecule has 2 N–H and O–H groups in total. The molecule has 9 heteroatoms. The lowest BCUT2D eigenvalue weighted by Crippen LogP contribution is -2.45. The highest BCUT2D eigenvalue weighted by molar-refractivity contribution is 5.97. The number of rotatable bonds is 5. The molecule has 4 rings (SSSR count). The highest BCUT2D eigenvalue weighted by atomic mass is 16.2. The second-order valence-corrected chi connectivity index (χ2v) is 8.78. The smallest absolute Gasteiger partial charge is 0.324 e. The highest BCUT2D eigenvalue weighted by Gasteiger charge is 2.34. The van der Waals surface area contributed by atoms with Crippen LogP contribution in [0.4, 0.5) is 4.79 Å². The summed E-state index contributed by atoms with van der Waals surface area (Å²) in [7, 11) is 0. The van der Waals surface area contributed by atoms with E-state index in [1.54, 1.807) is 6.20 Å². The fourth-order valence-corrected chi connectivity index (χ4v) is 4.89. The Balaban J connectivity index is 1.54. The predicted octanol–water partition coefficient (Wildman–Crippen LogP) is 1.93. The molecule has 0 unspecified atom stereocenters. The maximum absolute atomic E-state index is 13.1. The third kappa shape index (κ3) is 5.03. The van der Waals surface area contributed by atoms with Crippen molar-refractivity contribution >= 4 is 17.8 Å². The number of aromatic nitrogens is 2. The molecule has 1 saturated carbocycles. The molecule has 9 nitrogen and oxygen atoms in total. The molecule has 3 aliphatic rings. The van der Waals surface area contributed by atoms with Gasteiger partial charge in [0.2, 0.25) is 5.91 Å². The minimum absolute atomic E-state index is 0.127. The molecule has 0 spiro atoms. The molecule has 168 valence electrons. The van der Waals surface area contributed by atoms with E-state index in [9.17, 15) is 14.4 Å². The molecule has 4 amide bonds. The van der Waals surface area contributed by atoms with Crippen LogP contribution in [0.2, 0.25) is 0 Å². The second kappa shape index (κ2) is 9.72. The van der Waals surface area contributed by atoms with Crippen LogP contribution in [0.1, 0.15) is 79.3 Å². The van der Waals surface area contributed by atoms with Crippen molar-refractivity contribution in [2.45, 2.75) is 70.4 Å². The first-order chi connectivity index (χ1) is 15.0. The van der Waals surface area contributed by atoms with Gasteiger partial charge in [0, 0.05) is 25.3 Å². The van der Waals surface area contributed by atoms with Gasteiger partial charge in [0.15, 0.2) is 0 Å². The van der Waals surface area contributed by atoms with Crippen molar-refractivity contribution in [1.82, 2.24) is 30.4 Å². The molecule has 1 atom stereocenters. The first-order valence-electron chi connectivity index (χ1n) is 11.5. The zero-order valence-electron chi connectivity index (χ0n) is 18.2. The van der Waals surface area contributed by atoms with Crippen LogP contribution in [0, 0.1) is 6.92 Å². The summed E-state index contributed by atoms with van der Waals surface area (Å²) in [5, 5.41) is 5.85. The van der Waals surface area contributed by atoms with Crippen LogP contribution >= 0.6 is 0 Å². The van der Waals surface area contributed by atoms with Crippen molar-refractivity contribution in [2.24, 2.45) is 0 Å². The van der Waals surface area contributed by atoms with E-state index in [1.807, 2.05) is 6.92 Å². The summed E-state index contributed by atoms with van der Waals surface area (Å²) in [6.45, 7) is 3.59. The monoisotopic (exact) mass is 428 g/mol. The Morgan fingerprint density at radius 3 is 2.65 bits per heavy atom. The first kappa shape index (κ1) is 21.7. The fraction of sp³-hybridized carbons (Fsp3) is 0.682. The standard InChI is InChI=1S/C22H32N6O3/c1-15-24-13-17(21(30)26-16-7-3-2-4-8-16)20(25-15)18-9-5-6-11-27(18)14-19(29)28-12-10-23-22(28)31/h13,16,18H,2-12,14H2,1H3,(H,23,31)(H,26,30)/t18-/m0/s1. The number of aryl methyl sites for hydroxylation is 1. The van der Waals surface area contributed by atoms with Crippen LogP contribution in [-0.2, 0) is 4.79 Å². The van der Waals surface area contributed by atoms with Gasteiger partial charge in [-0.05, 0) is 39.2 Å². The van der Waals surface area contributed by atoms with Crippen LogP contribution < -0.4 is 10.6 Å². The Kier molecular flexibility index (Phi) is 6.80. The zero-order valence-corrected chi connectivity index (χ0v) is 18.2. The molecule has 3 heterocycles. The largest absolute Gasteiger partial charge is 0.349 e. The topological polar surface area (TPSA) is 108 Å². The molecule has 0 aromatic carbocycles. The van der Waals surface area contributed by atoms with E-state index in [-0.39, 0.29) is 36.5 Å². The van der Waals surface area contributed by atoms with Gasteiger partial charge in [-0.3, -0.25) is 19.4 Å². The third-order valence-electron chi connectivity index (χ3n) is 6.55. The van der Waals surface area contributed by atoms with E-state index in [2.05, 4.69) is 25.5 Å². The number of carbonyl (C=O) groups excluding carboxylic acids is 3. The van der Waals surface area contributed by atoms with Crippen LogP contribution in [0.5, 0.6) is 0 Å². The molecular weight excluding hydrogens is 396 g/mol. The van der Waals surface area contributed by atoms with E-state index in [0.717, 1.165) is 51.5 Å².